The van der Waals surface area contributed by atoms with E-state index in [1.807, 2.05) is 0 Å². The lowest BCUT2D eigenvalue weighted by Gasteiger charge is -2.28. The normalized spacial score (nSPS) is 12.0. The van der Waals surface area contributed by atoms with Gasteiger partial charge in [-0.25, -0.2) is 0 Å². The van der Waals surface area contributed by atoms with Crippen molar-refractivity contribution in [1.82, 2.24) is 20.4 Å². The number of nitrogens with one attached hydrogen (secondary N) is 2. The van der Waals surface area contributed by atoms with E-state index in [2.05, 4.69) is 17.6 Å². The number of hydrogen-bond donors (Lipinski definition) is 6. The first-order valence-electron chi connectivity index (χ1n) is 13.8. The maximum atomic E-state index is 12.5. The number of unbranched alkanes of at least 4 members (excludes halogenated alkanes) is 9. The number of amides is 1. The Labute approximate surface area is 230 Å². The van der Waals surface area contributed by atoms with Crippen LogP contribution in [0.4, 0.5) is 0 Å². The van der Waals surface area contributed by atoms with Gasteiger partial charge in [-0.1, -0.05) is 64.7 Å². The first kappa shape index (κ1) is 36.2. The summed E-state index contributed by atoms with van der Waals surface area (Å²) in [4.78, 5) is 59.5. The van der Waals surface area contributed by atoms with Crippen LogP contribution in [0.5, 0.6) is 0 Å². The molecule has 13 heteroatoms. The molecule has 1 unspecified atom stereocenters. The standard InChI is InChI=1S/C26H48N4O9/c1-2-3-4-5-6-7-8-9-10-11-13-27-22(31)17-30(20-26(38)39)16-21(28-15-23(32)33)12-14-29(18-24(34)35)19-25(36)37/h21,28H,2-20H2,1H3,(H,27,31)(H,32,33)(H,34,35)(H,36,37)(H,38,39). The van der Waals surface area contributed by atoms with Crippen molar-refractivity contribution in [2.75, 3.05) is 52.4 Å². The Balaban J connectivity index is 4.70. The van der Waals surface area contributed by atoms with Gasteiger partial charge in [0.15, 0.2) is 0 Å². The van der Waals surface area contributed by atoms with Crippen LogP contribution in [0.2, 0.25) is 0 Å². The lowest BCUT2D eigenvalue weighted by Crippen LogP contribution is -2.49. The zero-order valence-electron chi connectivity index (χ0n) is 23.2. The van der Waals surface area contributed by atoms with Gasteiger partial charge in [0.25, 0.3) is 0 Å². The zero-order valence-corrected chi connectivity index (χ0v) is 23.2. The molecule has 0 aromatic heterocycles. The van der Waals surface area contributed by atoms with E-state index in [1.54, 1.807) is 0 Å². The molecule has 39 heavy (non-hydrogen) atoms. The molecule has 0 aliphatic heterocycles. The maximum absolute atomic E-state index is 12.5. The lowest BCUT2D eigenvalue weighted by atomic mass is 10.1. The molecule has 0 saturated carbocycles. The molecule has 0 rings (SSSR count). The van der Waals surface area contributed by atoms with Crippen LogP contribution in [0.25, 0.3) is 0 Å². The van der Waals surface area contributed by atoms with Crippen LogP contribution in [-0.4, -0.2) is 118 Å². The number of carbonyl (C=O) groups excluding carboxylic acids is 1. The predicted molar refractivity (Wildman–Crippen MR) is 145 cm³/mol. The molecular weight excluding hydrogens is 512 g/mol. The Bertz CT molecular complexity index is 720. The highest BCUT2D eigenvalue weighted by molar-refractivity contribution is 5.79. The van der Waals surface area contributed by atoms with Gasteiger partial charge < -0.3 is 31.1 Å². The summed E-state index contributed by atoms with van der Waals surface area (Å²) in [7, 11) is 0. The Morgan fingerprint density at radius 2 is 1.13 bits per heavy atom. The highest BCUT2D eigenvalue weighted by atomic mass is 16.4. The molecule has 6 N–H and O–H groups in total. The van der Waals surface area contributed by atoms with Crippen molar-refractivity contribution >= 4 is 29.8 Å². The molecule has 0 radical (unpaired) electrons. The van der Waals surface area contributed by atoms with Crippen LogP contribution in [0.1, 0.15) is 77.6 Å². The summed E-state index contributed by atoms with van der Waals surface area (Å²) < 4.78 is 0. The van der Waals surface area contributed by atoms with Gasteiger partial charge in [0.1, 0.15) is 0 Å². The number of aliphatic carboxylic acids is 4. The van der Waals surface area contributed by atoms with Gasteiger partial charge in [-0.3, -0.25) is 33.8 Å². The van der Waals surface area contributed by atoms with E-state index in [1.165, 1.54) is 54.7 Å². The molecule has 0 saturated heterocycles. The lowest BCUT2D eigenvalue weighted by molar-refractivity contribution is -0.142. The first-order chi connectivity index (χ1) is 18.5. The van der Waals surface area contributed by atoms with Crippen molar-refractivity contribution in [3.05, 3.63) is 0 Å². The van der Waals surface area contributed by atoms with Crippen molar-refractivity contribution in [2.45, 2.75) is 83.6 Å². The second kappa shape index (κ2) is 23.1. The van der Waals surface area contributed by atoms with Gasteiger partial charge in [0, 0.05) is 25.7 Å². The third kappa shape index (κ3) is 24.0. The number of nitrogens with zero attached hydrogens (tertiary/aromatic N) is 2. The van der Waals surface area contributed by atoms with Gasteiger partial charge >= 0.3 is 23.9 Å². The first-order valence-corrected chi connectivity index (χ1v) is 13.8. The molecule has 0 fully saturated rings. The number of carbonyl (C=O) groups is 5. The second-order valence-corrected chi connectivity index (χ2v) is 9.85. The molecule has 0 aromatic rings. The molecule has 0 aromatic carbocycles. The minimum absolute atomic E-state index is 0.000755. The maximum Gasteiger partial charge on any atom is 0.317 e. The number of carboxylic acids is 4. The molecular formula is C26H48N4O9. The quantitative estimate of drug-likeness (QED) is 0.0789. The van der Waals surface area contributed by atoms with Crippen LogP contribution in [0.15, 0.2) is 0 Å². The number of hydrogen-bond acceptors (Lipinski definition) is 8. The molecule has 1 amide bonds. The van der Waals surface area contributed by atoms with Gasteiger partial charge in [0.05, 0.1) is 32.7 Å². The molecule has 0 bridgehead atoms. The summed E-state index contributed by atoms with van der Waals surface area (Å²) >= 11 is 0. The van der Waals surface area contributed by atoms with Crippen LogP contribution >= 0.6 is 0 Å². The minimum atomic E-state index is -1.21. The third-order valence-corrected chi connectivity index (χ3v) is 6.11. The summed E-state index contributed by atoms with van der Waals surface area (Å²) in [6, 6.07) is -0.625. The van der Waals surface area contributed by atoms with E-state index >= 15 is 0 Å². The Morgan fingerprint density at radius 1 is 0.641 bits per heavy atom. The molecule has 0 heterocycles. The number of carboxylic acid groups (broad SMARTS) is 4. The van der Waals surface area contributed by atoms with Crippen molar-refractivity contribution in [3.63, 3.8) is 0 Å². The SMILES string of the molecule is CCCCCCCCCCCCNC(=O)CN(CC(=O)O)CC(CCN(CC(=O)O)CC(=O)O)NCC(=O)O. The van der Waals surface area contributed by atoms with E-state index in [0.717, 1.165) is 19.3 Å². The second-order valence-electron chi connectivity index (χ2n) is 9.85. The summed E-state index contributed by atoms with van der Waals surface area (Å²) in [5.74, 6) is -5.07. The average molecular weight is 561 g/mol. The van der Waals surface area contributed by atoms with Crippen molar-refractivity contribution in [3.8, 4) is 0 Å². The Kier molecular flexibility index (Phi) is 21.5. The van der Waals surface area contributed by atoms with E-state index in [0.29, 0.717) is 6.54 Å². The molecule has 1 atom stereocenters. The number of rotatable bonds is 27. The summed E-state index contributed by atoms with van der Waals surface area (Å²) in [6.07, 6.45) is 11.8. The largest absolute Gasteiger partial charge is 0.480 e. The monoisotopic (exact) mass is 560 g/mol. The molecule has 226 valence electrons. The fourth-order valence-electron chi connectivity index (χ4n) is 4.21. The van der Waals surface area contributed by atoms with Crippen LogP contribution in [0.3, 0.4) is 0 Å². The van der Waals surface area contributed by atoms with E-state index in [-0.39, 0.29) is 32.0 Å². The fourth-order valence-corrected chi connectivity index (χ4v) is 4.21. The molecule has 0 spiro atoms. The Morgan fingerprint density at radius 3 is 1.62 bits per heavy atom. The van der Waals surface area contributed by atoms with Gasteiger partial charge in [-0.15, -0.1) is 0 Å². The highest BCUT2D eigenvalue weighted by Gasteiger charge is 2.22. The molecule has 0 aliphatic rings. The van der Waals surface area contributed by atoms with Crippen molar-refractivity contribution in [1.29, 1.82) is 0 Å². The third-order valence-electron chi connectivity index (χ3n) is 6.11. The van der Waals surface area contributed by atoms with Crippen LogP contribution < -0.4 is 10.6 Å². The van der Waals surface area contributed by atoms with E-state index in [9.17, 15) is 29.1 Å². The van der Waals surface area contributed by atoms with Gasteiger partial charge in [-0.05, 0) is 12.8 Å². The summed E-state index contributed by atoms with van der Waals surface area (Å²) in [5.41, 5.74) is 0. The summed E-state index contributed by atoms with van der Waals surface area (Å²) in [5, 5.41) is 41.9. The van der Waals surface area contributed by atoms with Gasteiger partial charge in [0.2, 0.25) is 5.91 Å². The Hall–Kier alpha value is -2.77. The van der Waals surface area contributed by atoms with Crippen molar-refractivity contribution < 1.29 is 44.4 Å². The predicted octanol–water partition coefficient (Wildman–Crippen LogP) is 1.31. The average Bonchev–Trinajstić information content (AvgIpc) is 2.82. The van der Waals surface area contributed by atoms with E-state index in [4.69, 9.17) is 15.3 Å². The van der Waals surface area contributed by atoms with Crippen LogP contribution in [-0.2, 0) is 24.0 Å². The van der Waals surface area contributed by atoms with Crippen LogP contribution in [0, 0.1) is 0 Å². The van der Waals surface area contributed by atoms with E-state index < -0.39 is 56.1 Å². The minimum Gasteiger partial charge on any atom is -0.480 e. The molecule has 0 aliphatic carbocycles. The molecule has 13 nitrogen and oxygen atoms in total. The van der Waals surface area contributed by atoms with Crippen molar-refractivity contribution in [2.24, 2.45) is 0 Å². The highest BCUT2D eigenvalue weighted by Crippen LogP contribution is 2.10. The summed E-state index contributed by atoms with van der Waals surface area (Å²) in [6.45, 7) is 0.571. The zero-order chi connectivity index (χ0) is 29.5. The topological polar surface area (TPSA) is 197 Å². The fraction of sp³-hybridized carbons (Fsp3) is 0.808. The van der Waals surface area contributed by atoms with Gasteiger partial charge in [-0.2, -0.15) is 0 Å². The smallest absolute Gasteiger partial charge is 0.317 e.